The molecule has 0 saturated heterocycles. The van der Waals surface area contributed by atoms with Crippen LogP contribution in [0.25, 0.3) is 0 Å². The zero-order valence-electron chi connectivity index (χ0n) is 7.45. The highest BCUT2D eigenvalue weighted by molar-refractivity contribution is 14.1. The van der Waals surface area contributed by atoms with Gasteiger partial charge in [-0.25, -0.2) is 13.8 Å². The van der Waals surface area contributed by atoms with Crippen molar-refractivity contribution in [2.45, 2.75) is 17.9 Å². The molecule has 0 spiro atoms. The molecule has 0 amide bonds. The number of alkyl halides is 6. The van der Waals surface area contributed by atoms with Crippen molar-refractivity contribution in [2.75, 3.05) is 0 Å². The molecular weight excluding hydrogens is 412 g/mol. The molecule has 0 aliphatic carbocycles. The first-order chi connectivity index (χ1) is 7.27. The summed E-state index contributed by atoms with van der Waals surface area (Å²) in [7, 11) is 0. The zero-order chi connectivity index (χ0) is 12.5. The van der Waals surface area contributed by atoms with E-state index in [1.807, 2.05) is 0 Å². The Kier molecular flexibility index (Phi) is 4.49. The van der Waals surface area contributed by atoms with Gasteiger partial charge in [0.25, 0.3) is 6.43 Å². The summed E-state index contributed by atoms with van der Waals surface area (Å²) in [5.41, 5.74) is -2.24. The third-order valence-corrected chi connectivity index (χ3v) is 3.24. The van der Waals surface area contributed by atoms with Crippen molar-refractivity contribution in [1.82, 2.24) is 4.98 Å². The maximum absolute atomic E-state index is 12.5. The highest BCUT2D eigenvalue weighted by Crippen LogP contribution is 2.35. The Labute approximate surface area is 110 Å². The fraction of sp³-hybridized carbons (Fsp3) is 0.375. The Balaban J connectivity index is 3.43. The molecule has 0 N–H and O–H groups in total. The van der Waals surface area contributed by atoms with Crippen LogP contribution in [0.2, 0.25) is 0 Å². The summed E-state index contributed by atoms with van der Waals surface area (Å²) in [4.78, 5) is 2.97. The van der Waals surface area contributed by atoms with Gasteiger partial charge in [0.2, 0.25) is 0 Å². The first-order valence-electron chi connectivity index (χ1n) is 3.88. The summed E-state index contributed by atoms with van der Waals surface area (Å²) in [5.74, 6) is 0. The average molecular weight is 416 g/mol. The van der Waals surface area contributed by atoms with Crippen molar-refractivity contribution < 1.29 is 22.0 Å². The van der Waals surface area contributed by atoms with Gasteiger partial charge in [0, 0.05) is 14.5 Å². The lowest BCUT2D eigenvalue weighted by Crippen LogP contribution is -2.14. The van der Waals surface area contributed by atoms with Crippen molar-refractivity contribution >= 4 is 38.5 Å². The quantitative estimate of drug-likeness (QED) is 0.392. The lowest BCUT2D eigenvalue weighted by atomic mass is 10.2. The summed E-state index contributed by atoms with van der Waals surface area (Å²) < 4.78 is 62.3. The van der Waals surface area contributed by atoms with Crippen LogP contribution in [0.5, 0.6) is 0 Å². The minimum atomic E-state index is -4.73. The summed E-state index contributed by atoms with van der Waals surface area (Å²) in [6, 6.07) is 0.955. The first kappa shape index (κ1) is 14.1. The Morgan fingerprint density at radius 2 is 1.94 bits per heavy atom. The summed E-state index contributed by atoms with van der Waals surface area (Å²) in [6.45, 7) is 0. The van der Waals surface area contributed by atoms with Crippen molar-refractivity contribution in [2.24, 2.45) is 0 Å². The van der Waals surface area contributed by atoms with E-state index in [0.717, 1.165) is 6.07 Å². The van der Waals surface area contributed by atoms with Crippen LogP contribution in [0.3, 0.4) is 0 Å². The first-order valence-corrected chi connectivity index (χ1v) is 6.08. The number of aromatic nitrogens is 1. The van der Waals surface area contributed by atoms with Gasteiger partial charge in [-0.3, -0.25) is 0 Å². The zero-order valence-corrected chi connectivity index (χ0v) is 11.2. The molecule has 90 valence electrons. The average Bonchev–Trinajstić information content (AvgIpc) is 2.14. The molecule has 0 atom stereocenters. The van der Waals surface area contributed by atoms with Gasteiger partial charge in [-0.05, 0) is 28.7 Å². The summed E-state index contributed by atoms with van der Waals surface area (Å²) in [5, 5.41) is -0.0867. The molecule has 0 bridgehead atoms. The molecule has 0 aliphatic heterocycles. The van der Waals surface area contributed by atoms with Crippen molar-refractivity contribution in [3.05, 3.63) is 26.6 Å². The molecule has 0 saturated carbocycles. The predicted octanol–water partition coefficient (Wildman–Crippen LogP) is 4.54. The molecule has 0 aromatic carbocycles. The van der Waals surface area contributed by atoms with E-state index >= 15 is 0 Å². The number of pyridine rings is 1. The van der Waals surface area contributed by atoms with Gasteiger partial charge in [0.05, 0.1) is 0 Å². The smallest absolute Gasteiger partial charge is 0.242 e. The molecule has 0 aliphatic rings. The van der Waals surface area contributed by atoms with Crippen LogP contribution >= 0.6 is 38.5 Å². The standard InChI is InChI=1S/C8H4BrF5IN/c9-2-3-4(15)1-5(7(10)11)16-6(3)8(12,13)14/h1,7H,2H2. The topological polar surface area (TPSA) is 12.9 Å². The monoisotopic (exact) mass is 415 g/mol. The van der Waals surface area contributed by atoms with Crippen LogP contribution in [0.4, 0.5) is 22.0 Å². The molecule has 1 aromatic heterocycles. The van der Waals surface area contributed by atoms with Crippen LogP contribution in [-0.4, -0.2) is 4.98 Å². The van der Waals surface area contributed by atoms with E-state index in [2.05, 4.69) is 20.9 Å². The van der Waals surface area contributed by atoms with E-state index in [1.165, 1.54) is 0 Å². The molecule has 1 aromatic rings. The fourth-order valence-corrected chi connectivity index (χ4v) is 2.89. The number of halogens is 7. The molecule has 1 heterocycles. The van der Waals surface area contributed by atoms with E-state index in [9.17, 15) is 22.0 Å². The van der Waals surface area contributed by atoms with Crippen molar-refractivity contribution in [3.8, 4) is 0 Å². The maximum Gasteiger partial charge on any atom is 0.433 e. The number of hydrogen-bond donors (Lipinski definition) is 0. The maximum atomic E-state index is 12.5. The van der Waals surface area contributed by atoms with Crippen molar-refractivity contribution in [1.29, 1.82) is 0 Å². The number of nitrogens with zero attached hydrogens (tertiary/aromatic N) is 1. The molecule has 0 fully saturated rings. The molecule has 8 heteroatoms. The largest absolute Gasteiger partial charge is 0.433 e. The SMILES string of the molecule is FC(F)c1cc(I)c(CBr)c(C(F)(F)F)n1. The second kappa shape index (κ2) is 5.11. The molecule has 0 unspecified atom stereocenters. The van der Waals surface area contributed by atoms with Gasteiger partial charge >= 0.3 is 6.18 Å². The minimum Gasteiger partial charge on any atom is -0.242 e. The predicted molar refractivity (Wildman–Crippen MR) is 59.5 cm³/mol. The van der Waals surface area contributed by atoms with Crippen LogP contribution in [0.15, 0.2) is 6.07 Å². The minimum absolute atomic E-state index is 0.0867. The fourth-order valence-electron chi connectivity index (χ4n) is 1.03. The summed E-state index contributed by atoms with van der Waals surface area (Å²) >= 11 is 4.46. The Bertz CT molecular complexity index is 393. The van der Waals surface area contributed by atoms with Gasteiger partial charge in [-0.1, -0.05) is 15.9 Å². The highest BCUT2D eigenvalue weighted by Gasteiger charge is 2.37. The highest BCUT2D eigenvalue weighted by atomic mass is 127. The van der Waals surface area contributed by atoms with E-state index in [-0.39, 0.29) is 14.5 Å². The van der Waals surface area contributed by atoms with Gasteiger partial charge in [-0.15, -0.1) is 0 Å². The van der Waals surface area contributed by atoms with E-state index < -0.39 is 24.0 Å². The number of rotatable bonds is 2. The van der Waals surface area contributed by atoms with Gasteiger partial charge < -0.3 is 0 Å². The lowest BCUT2D eigenvalue weighted by molar-refractivity contribution is -0.142. The van der Waals surface area contributed by atoms with Crippen molar-refractivity contribution in [3.63, 3.8) is 0 Å². The van der Waals surface area contributed by atoms with Crippen LogP contribution in [0.1, 0.15) is 23.4 Å². The van der Waals surface area contributed by atoms with E-state index in [0.29, 0.717) is 0 Å². The second-order valence-corrected chi connectivity index (χ2v) is 4.51. The van der Waals surface area contributed by atoms with Gasteiger partial charge in [0.15, 0.2) is 0 Å². The van der Waals surface area contributed by atoms with Crippen LogP contribution < -0.4 is 0 Å². The molecule has 1 nitrogen and oxygen atoms in total. The molecular formula is C8H4BrF5IN. The summed E-state index contributed by atoms with van der Waals surface area (Å²) in [6.07, 6.45) is -7.74. The van der Waals surface area contributed by atoms with Gasteiger partial charge in [0.1, 0.15) is 11.4 Å². The second-order valence-electron chi connectivity index (χ2n) is 2.79. The normalized spacial score (nSPS) is 12.2. The molecule has 16 heavy (non-hydrogen) atoms. The van der Waals surface area contributed by atoms with Crippen LogP contribution in [0, 0.1) is 3.57 Å². The lowest BCUT2D eigenvalue weighted by Gasteiger charge is -2.13. The Morgan fingerprint density at radius 1 is 1.38 bits per heavy atom. The molecule has 0 radical (unpaired) electrons. The number of hydrogen-bond acceptors (Lipinski definition) is 1. The van der Waals surface area contributed by atoms with Crippen LogP contribution in [-0.2, 0) is 11.5 Å². The third kappa shape index (κ3) is 3.02. The van der Waals surface area contributed by atoms with E-state index in [4.69, 9.17) is 0 Å². The molecule has 1 rings (SSSR count). The van der Waals surface area contributed by atoms with Gasteiger partial charge in [-0.2, -0.15) is 13.2 Å². The van der Waals surface area contributed by atoms with E-state index in [1.54, 1.807) is 22.6 Å². The Morgan fingerprint density at radius 3 is 2.31 bits per heavy atom. The third-order valence-electron chi connectivity index (χ3n) is 1.72. The Hall–Kier alpha value is 0.01000.